The van der Waals surface area contributed by atoms with Crippen molar-refractivity contribution in [2.24, 2.45) is 5.73 Å². The van der Waals surface area contributed by atoms with Gasteiger partial charge in [-0.3, -0.25) is 0 Å². The summed E-state index contributed by atoms with van der Waals surface area (Å²) in [5.41, 5.74) is 8.46. The van der Waals surface area contributed by atoms with Crippen LogP contribution in [0.3, 0.4) is 0 Å². The van der Waals surface area contributed by atoms with Gasteiger partial charge in [0.2, 0.25) is 0 Å². The van der Waals surface area contributed by atoms with Crippen LogP contribution >= 0.6 is 11.3 Å². The van der Waals surface area contributed by atoms with Gasteiger partial charge in [0.25, 0.3) is 0 Å². The van der Waals surface area contributed by atoms with E-state index in [-0.39, 0.29) is 12.1 Å². The Morgan fingerprint density at radius 1 is 1.35 bits per heavy atom. The topological polar surface area (TPSA) is 48.1 Å². The molecule has 0 saturated carbocycles. The standard InChI is InChI=1S/C16H20N2OS/c1-11-7-8-15(19-11)13(17)9-16-18-14(10-20-16)12-5-3-2-4-6-12/h2-6,10-11,13,15H,7-9,17H2,1H3. The lowest BCUT2D eigenvalue weighted by molar-refractivity contribution is 0.0404. The second kappa shape index (κ2) is 6.04. The molecule has 2 N–H and O–H groups in total. The molecule has 3 atom stereocenters. The predicted molar refractivity (Wildman–Crippen MR) is 82.8 cm³/mol. The summed E-state index contributed by atoms with van der Waals surface area (Å²) in [6.07, 6.45) is 3.52. The lowest BCUT2D eigenvalue weighted by atomic mass is 10.1. The van der Waals surface area contributed by atoms with Gasteiger partial charge in [-0.15, -0.1) is 11.3 Å². The van der Waals surface area contributed by atoms with Gasteiger partial charge in [0.05, 0.1) is 22.9 Å². The molecule has 0 aliphatic carbocycles. The van der Waals surface area contributed by atoms with E-state index in [4.69, 9.17) is 15.5 Å². The molecule has 4 heteroatoms. The monoisotopic (exact) mass is 288 g/mol. The van der Waals surface area contributed by atoms with Crippen LogP contribution in [0.25, 0.3) is 11.3 Å². The maximum Gasteiger partial charge on any atom is 0.0949 e. The summed E-state index contributed by atoms with van der Waals surface area (Å²) in [7, 11) is 0. The molecule has 3 rings (SSSR count). The van der Waals surface area contributed by atoms with Crippen molar-refractivity contribution in [2.75, 3.05) is 0 Å². The SMILES string of the molecule is CC1CCC(C(N)Cc2nc(-c3ccccc3)cs2)O1. The fourth-order valence-electron chi connectivity index (χ4n) is 2.63. The Balaban J connectivity index is 1.65. The molecule has 0 bridgehead atoms. The number of benzene rings is 1. The minimum absolute atomic E-state index is 0.0507. The quantitative estimate of drug-likeness (QED) is 0.939. The van der Waals surface area contributed by atoms with Crippen LogP contribution in [0.15, 0.2) is 35.7 Å². The van der Waals surface area contributed by atoms with Gasteiger partial charge in [-0.25, -0.2) is 4.98 Å². The zero-order valence-corrected chi connectivity index (χ0v) is 12.5. The molecular weight excluding hydrogens is 268 g/mol. The van der Waals surface area contributed by atoms with Crippen molar-refractivity contribution in [1.82, 2.24) is 4.98 Å². The third-order valence-corrected chi connectivity index (χ3v) is 4.65. The molecule has 0 radical (unpaired) electrons. The molecule has 0 amide bonds. The normalized spacial score (nSPS) is 23.9. The highest BCUT2D eigenvalue weighted by Crippen LogP contribution is 2.25. The van der Waals surface area contributed by atoms with E-state index in [2.05, 4.69) is 24.4 Å². The lowest BCUT2D eigenvalue weighted by Crippen LogP contribution is -2.36. The van der Waals surface area contributed by atoms with Crippen molar-refractivity contribution < 1.29 is 4.74 Å². The van der Waals surface area contributed by atoms with Crippen LogP contribution < -0.4 is 5.73 Å². The van der Waals surface area contributed by atoms with Crippen molar-refractivity contribution in [3.63, 3.8) is 0 Å². The van der Waals surface area contributed by atoms with E-state index < -0.39 is 0 Å². The minimum Gasteiger partial charge on any atom is -0.374 e. The highest BCUT2D eigenvalue weighted by molar-refractivity contribution is 7.09. The average molecular weight is 288 g/mol. The van der Waals surface area contributed by atoms with E-state index in [0.29, 0.717) is 6.10 Å². The molecule has 3 nitrogen and oxygen atoms in total. The first kappa shape index (κ1) is 13.7. The fourth-order valence-corrected chi connectivity index (χ4v) is 3.50. The first-order valence-corrected chi connectivity index (χ1v) is 8.01. The highest BCUT2D eigenvalue weighted by atomic mass is 32.1. The summed E-state index contributed by atoms with van der Waals surface area (Å²) >= 11 is 1.69. The van der Waals surface area contributed by atoms with Crippen LogP contribution in [0.4, 0.5) is 0 Å². The third-order valence-electron chi connectivity index (χ3n) is 3.77. The first-order valence-electron chi connectivity index (χ1n) is 7.13. The second-order valence-corrected chi connectivity index (χ2v) is 6.37. The van der Waals surface area contributed by atoms with Crippen molar-refractivity contribution in [1.29, 1.82) is 0 Å². The van der Waals surface area contributed by atoms with Gasteiger partial charge in [-0.2, -0.15) is 0 Å². The largest absolute Gasteiger partial charge is 0.374 e. The number of rotatable bonds is 4. The maximum absolute atomic E-state index is 6.26. The molecule has 2 aromatic rings. The summed E-state index contributed by atoms with van der Waals surface area (Å²) in [6, 6.07) is 10.3. The van der Waals surface area contributed by atoms with Crippen molar-refractivity contribution in [2.45, 2.75) is 44.4 Å². The number of aromatic nitrogens is 1. The second-order valence-electron chi connectivity index (χ2n) is 5.42. The minimum atomic E-state index is 0.0507. The van der Waals surface area contributed by atoms with E-state index >= 15 is 0 Å². The first-order chi connectivity index (χ1) is 9.72. The summed E-state index contributed by atoms with van der Waals surface area (Å²) in [5, 5.41) is 3.20. The summed E-state index contributed by atoms with van der Waals surface area (Å²) < 4.78 is 5.84. The van der Waals surface area contributed by atoms with E-state index in [1.165, 1.54) is 0 Å². The van der Waals surface area contributed by atoms with Crippen LogP contribution in [0.2, 0.25) is 0 Å². The molecule has 2 heterocycles. The molecule has 0 spiro atoms. The smallest absolute Gasteiger partial charge is 0.0949 e. The van der Waals surface area contributed by atoms with E-state index in [0.717, 1.165) is 35.5 Å². The summed E-state index contributed by atoms with van der Waals surface area (Å²) in [4.78, 5) is 4.69. The van der Waals surface area contributed by atoms with Crippen LogP contribution in [-0.2, 0) is 11.2 Å². The average Bonchev–Trinajstić information content (AvgIpc) is 3.09. The summed E-state index contributed by atoms with van der Waals surface area (Å²) in [5.74, 6) is 0. The Kier molecular flexibility index (Phi) is 4.15. The molecule has 3 unspecified atom stereocenters. The Morgan fingerprint density at radius 2 is 2.15 bits per heavy atom. The Labute approximate surface area is 123 Å². The molecule has 1 aliphatic rings. The van der Waals surface area contributed by atoms with Gasteiger partial charge in [0.15, 0.2) is 0 Å². The fraction of sp³-hybridized carbons (Fsp3) is 0.438. The Bertz CT molecular complexity index is 555. The molecule has 1 aromatic carbocycles. The van der Waals surface area contributed by atoms with Gasteiger partial charge in [0, 0.05) is 23.4 Å². The van der Waals surface area contributed by atoms with Crippen molar-refractivity contribution in [3.8, 4) is 11.3 Å². The van der Waals surface area contributed by atoms with Crippen LogP contribution in [0.1, 0.15) is 24.8 Å². The number of nitrogens with zero attached hydrogens (tertiary/aromatic N) is 1. The number of thiazole rings is 1. The molecule has 106 valence electrons. The zero-order chi connectivity index (χ0) is 13.9. The third kappa shape index (κ3) is 3.08. The van der Waals surface area contributed by atoms with Gasteiger partial charge >= 0.3 is 0 Å². The van der Waals surface area contributed by atoms with Crippen LogP contribution in [0.5, 0.6) is 0 Å². The van der Waals surface area contributed by atoms with Crippen LogP contribution in [0, 0.1) is 0 Å². The predicted octanol–water partition coefficient (Wildman–Crippen LogP) is 3.25. The van der Waals surface area contributed by atoms with Gasteiger partial charge in [-0.1, -0.05) is 30.3 Å². The number of nitrogens with two attached hydrogens (primary N) is 1. The molecule has 20 heavy (non-hydrogen) atoms. The Morgan fingerprint density at radius 3 is 2.85 bits per heavy atom. The lowest BCUT2D eigenvalue weighted by Gasteiger charge is -2.18. The molecule has 1 fully saturated rings. The molecule has 1 aliphatic heterocycles. The zero-order valence-electron chi connectivity index (χ0n) is 11.7. The highest BCUT2D eigenvalue weighted by Gasteiger charge is 2.27. The molecule has 1 aromatic heterocycles. The number of hydrogen-bond acceptors (Lipinski definition) is 4. The summed E-state index contributed by atoms with van der Waals surface area (Å²) in [6.45, 7) is 2.11. The number of ether oxygens (including phenoxy) is 1. The van der Waals surface area contributed by atoms with Crippen molar-refractivity contribution >= 4 is 11.3 Å². The van der Waals surface area contributed by atoms with Gasteiger partial charge in [-0.05, 0) is 19.8 Å². The van der Waals surface area contributed by atoms with Crippen molar-refractivity contribution in [3.05, 3.63) is 40.7 Å². The Hall–Kier alpha value is -1.23. The van der Waals surface area contributed by atoms with Crippen LogP contribution in [-0.4, -0.2) is 23.2 Å². The van der Waals surface area contributed by atoms with E-state index in [9.17, 15) is 0 Å². The van der Waals surface area contributed by atoms with E-state index in [1.54, 1.807) is 11.3 Å². The molecular formula is C16H20N2OS. The number of hydrogen-bond donors (Lipinski definition) is 1. The molecule has 1 saturated heterocycles. The maximum atomic E-state index is 6.26. The van der Waals surface area contributed by atoms with Gasteiger partial charge < -0.3 is 10.5 Å². The van der Waals surface area contributed by atoms with E-state index in [1.807, 2.05) is 18.2 Å². The van der Waals surface area contributed by atoms with Gasteiger partial charge in [0.1, 0.15) is 0 Å².